The summed E-state index contributed by atoms with van der Waals surface area (Å²) in [5.41, 5.74) is 8.19. The molecule has 0 spiro atoms. The second-order valence-electron chi connectivity index (χ2n) is 3.29. The van der Waals surface area contributed by atoms with Crippen molar-refractivity contribution in [1.29, 1.82) is 0 Å². The van der Waals surface area contributed by atoms with E-state index in [4.69, 9.17) is 22.1 Å². The van der Waals surface area contributed by atoms with Gasteiger partial charge in [-0.3, -0.25) is 0 Å². The number of nitrogens with two attached hydrogens (primary N) is 1. The number of ether oxygens (including phenoxy) is 1. The van der Waals surface area contributed by atoms with E-state index in [2.05, 4.69) is 4.98 Å². The van der Waals surface area contributed by atoms with Gasteiger partial charge in [-0.25, -0.2) is 4.98 Å². The Morgan fingerprint density at radius 1 is 1.25 bits per heavy atom. The molecule has 0 aliphatic rings. The zero-order valence-corrected chi connectivity index (χ0v) is 9.53. The number of anilines is 1. The Balaban J connectivity index is 2.62. The Labute approximate surface area is 98.8 Å². The van der Waals surface area contributed by atoms with Crippen LogP contribution in [0.2, 0.25) is 5.15 Å². The van der Waals surface area contributed by atoms with Crippen molar-refractivity contribution in [2.24, 2.45) is 0 Å². The van der Waals surface area contributed by atoms with Crippen LogP contribution in [0, 0.1) is 0 Å². The molecular weight excluding hydrogens is 224 g/mol. The molecule has 0 amide bonds. The first-order chi connectivity index (χ1) is 7.72. The first kappa shape index (κ1) is 10.8. The Hall–Kier alpha value is -1.74. The second kappa shape index (κ2) is 4.41. The molecule has 0 saturated heterocycles. The number of nitrogen functional groups attached to an aromatic ring is 1. The molecule has 0 atom stereocenters. The number of halogens is 1. The molecule has 3 nitrogen and oxygen atoms in total. The van der Waals surface area contributed by atoms with Crippen LogP contribution in [0.4, 0.5) is 5.69 Å². The van der Waals surface area contributed by atoms with Crippen molar-refractivity contribution in [3.63, 3.8) is 0 Å². The van der Waals surface area contributed by atoms with E-state index in [-0.39, 0.29) is 0 Å². The average molecular weight is 235 g/mol. The van der Waals surface area contributed by atoms with Crippen LogP contribution in [0.5, 0.6) is 5.75 Å². The van der Waals surface area contributed by atoms with Crippen molar-refractivity contribution >= 4 is 17.3 Å². The summed E-state index contributed by atoms with van der Waals surface area (Å²) in [5, 5.41) is 0.412. The molecule has 0 fully saturated rings. The fraction of sp³-hybridized carbons (Fsp3) is 0.0833. The monoisotopic (exact) mass is 234 g/mol. The minimum absolute atomic E-state index is 0.412. The molecule has 0 aliphatic carbocycles. The van der Waals surface area contributed by atoms with E-state index in [0.717, 1.165) is 16.9 Å². The molecule has 1 aromatic carbocycles. The van der Waals surface area contributed by atoms with Gasteiger partial charge in [-0.15, -0.1) is 0 Å². The second-order valence-corrected chi connectivity index (χ2v) is 3.68. The molecule has 0 bridgehead atoms. The van der Waals surface area contributed by atoms with Crippen molar-refractivity contribution in [1.82, 2.24) is 4.98 Å². The van der Waals surface area contributed by atoms with Gasteiger partial charge in [0.1, 0.15) is 10.9 Å². The van der Waals surface area contributed by atoms with Gasteiger partial charge in [0.2, 0.25) is 0 Å². The predicted molar refractivity (Wildman–Crippen MR) is 65.6 cm³/mol. The van der Waals surface area contributed by atoms with Crippen LogP contribution >= 0.6 is 11.6 Å². The standard InChI is InChI=1S/C12H11ClN2O/c1-16-11-5-3-2-4-8(11)9-6-12(13)15-7-10(9)14/h2-7H,14H2,1H3. The van der Waals surface area contributed by atoms with Crippen molar-refractivity contribution in [2.75, 3.05) is 12.8 Å². The number of hydrogen-bond acceptors (Lipinski definition) is 3. The maximum atomic E-state index is 5.87. The van der Waals surface area contributed by atoms with Gasteiger partial charge in [-0.1, -0.05) is 29.8 Å². The van der Waals surface area contributed by atoms with Gasteiger partial charge in [-0.2, -0.15) is 0 Å². The molecule has 0 radical (unpaired) electrons. The highest BCUT2D eigenvalue weighted by Gasteiger charge is 2.09. The van der Waals surface area contributed by atoms with Crippen LogP contribution in [0.15, 0.2) is 36.5 Å². The number of benzene rings is 1. The third-order valence-electron chi connectivity index (χ3n) is 2.30. The van der Waals surface area contributed by atoms with Gasteiger partial charge in [0.15, 0.2) is 0 Å². The average Bonchev–Trinajstić information content (AvgIpc) is 2.32. The summed E-state index contributed by atoms with van der Waals surface area (Å²) < 4.78 is 5.28. The number of methoxy groups -OCH3 is 1. The first-order valence-electron chi connectivity index (χ1n) is 4.77. The van der Waals surface area contributed by atoms with Crippen molar-refractivity contribution in [2.45, 2.75) is 0 Å². The highest BCUT2D eigenvalue weighted by molar-refractivity contribution is 6.29. The molecule has 16 heavy (non-hydrogen) atoms. The minimum atomic E-state index is 0.412. The minimum Gasteiger partial charge on any atom is -0.496 e. The first-order valence-corrected chi connectivity index (χ1v) is 5.14. The Kier molecular flexibility index (Phi) is 2.97. The maximum Gasteiger partial charge on any atom is 0.129 e. The number of aromatic nitrogens is 1. The Bertz CT molecular complexity index is 514. The van der Waals surface area contributed by atoms with E-state index < -0.39 is 0 Å². The molecule has 1 aromatic heterocycles. The summed E-state index contributed by atoms with van der Waals surface area (Å²) >= 11 is 5.85. The molecule has 4 heteroatoms. The third-order valence-corrected chi connectivity index (χ3v) is 2.51. The smallest absolute Gasteiger partial charge is 0.129 e. The van der Waals surface area contributed by atoms with Crippen molar-refractivity contribution in [3.05, 3.63) is 41.7 Å². The van der Waals surface area contributed by atoms with Crippen LogP contribution in [0.25, 0.3) is 11.1 Å². The van der Waals surface area contributed by atoms with E-state index in [9.17, 15) is 0 Å². The molecule has 0 saturated carbocycles. The van der Waals surface area contributed by atoms with Crippen LogP contribution in [0.3, 0.4) is 0 Å². The summed E-state index contributed by atoms with van der Waals surface area (Å²) in [6.45, 7) is 0. The van der Waals surface area contributed by atoms with Crippen LogP contribution in [-0.2, 0) is 0 Å². The van der Waals surface area contributed by atoms with E-state index >= 15 is 0 Å². The Morgan fingerprint density at radius 2 is 2.00 bits per heavy atom. The lowest BCUT2D eigenvalue weighted by Gasteiger charge is -2.10. The normalized spacial score (nSPS) is 10.1. The van der Waals surface area contributed by atoms with E-state index in [1.165, 1.54) is 0 Å². The van der Waals surface area contributed by atoms with Crippen molar-refractivity contribution < 1.29 is 4.74 Å². The number of pyridine rings is 1. The van der Waals surface area contributed by atoms with Crippen molar-refractivity contribution in [3.8, 4) is 16.9 Å². The summed E-state index contributed by atoms with van der Waals surface area (Å²) in [6.07, 6.45) is 1.55. The molecule has 0 unspecified atom stereocenters. The lowest BCUT2D eigenvalue weighted by molar-refractivity contribution is 0.416. The molecule has 0 aliphatic heterocycles. The van der Waals surface area contributed by atoms with Gasteiger partial charge >= 0.3 is 0 Å². The zero-order valence-electron chi connectivity index (χ0n) is 8.77. The zero-order chi connectivity index (χ0) is 11.5. The lowest BCUT2D eigenvalue weighted by Crippen LogP contribution is -1.94. The number of rotatable bonds is 2. The van der Waals surface area contributed by atoms with Crippen LogP contribution < -0.4 is 10.5 Å². The topological polar surface area (TPSA) is 48.1 Å². The summed E-state index contributed by atoms with van der Waals surface area (Å²) in [6, 6.07) is 9.37. The highest BCUT2D eigenvalue weighted by Crippen LogP contribution is 2.34. The fourth-order valence-corrected chi connectivity index (χ4v) is 1.70. The van der Waals surface area contributed by atoms with E-state index in [1.807, 2.05) is 24.3 Å². The summed E-state index contributed by atoms with van der Waals surface area (Å²) in [5.74, 6) is 0.761. The van der Waals surface area contributed by atoms with E-state index in [1.54, 1.807) is 19.4 Å². The SMILES string of the molecule is COc1ccccc1-c1cc(Cl)ncc1N. The Morgan fingerprint density at radius 3 is 2.75 bits per heavy atom. The molecule has 2 N–H and O–H groups in total. The van der Waals surface area contributed by atoms with E-state index in [0.29, 0.717) is 10.8 Å². The molecule has 2 rings (SSSR count). The van der Waals surface area contributed by atoms with Crippen LogP contribution in [0.1, 0.15) is 0 Å². The predicted octanol–water partition coefficient (Wildman–Crippen LogP) is 2.99. The summed E-state index contributed by atoms with van der Waals surface area (Å²) in [7, 11) is 1.62. The third kappa shape index (κ3) is 1.95. The highest BCUT2D eigenvalue weighted by atomic mass is 35.5. The van der Waals surface area contributed by atoms with Gasteiger partial charge in [0.25, 0.3) is 0 Å². The number of para-hydroxylation sites is 1. The molecule has 82 valence electrons. The maximum absolute atomic E-state index is 5.87. The summed E-state index contributed by atoms with van der Waals surface area (Å²) in [4.78, 5) is 3.92. The fourth-order valence-electron chi connectivity index (χ4n) is 1.54. The van der Waals surface area contributed by atoms with Crippen LogP contribution in [-0.4, -0.2) is 12.1 Å². The number of nitrogens with zero attached hydrogens (tertiary/aromatic N) is 1. The van der Waals surface area contributed by atoms with Gasteiger partial charge in [0, 0.05) is 11.1 Å². The molecular formula is C12H11ClN2O. The lowest BCUT2D eigenvalue weighted by atomic mass is 10.0. The number of hydrogen-bond donors (Lipinski definition) is 1. The molecule has 1 heterocycles. The van der Waals surface area contributed by atoms with Gasteiger partial charge in [-0.05, 0) is 12.1 Å². The molecule has 2 aromatic rings. The van der Waals surface area contributed by atoms with Gasteiger partial charge < -0.3 is 10.5 Å². The largest absolute Gasteiger partial charge is 0.496 e. The van der Waals surface area contributed by atoms with Gasteiger partial charge in [0.05, 0.1) is 19.0 Å². The quantitative estimate of drug-likeness (QED) is 0.813.